The first kappa shape index (κ1) is 18.0. The van der Waals surface area contributed by atoms with Crippen molar-refractivity contribution in [3.8, 4) is 17.2 Å². The predicted octanol–water partition coefficient (Wildman–Crippen LogP) is 3.29. The molecular weight excluding hydrogens is 384 g/mol. The van der Waals surface area contributed by atoms with Gasteiger partial charge < -0.3 is 24.4 Å². The van der Waals surface area contributed by atoms with E-state index in [1.807, 2.05) is 12.1 Å². The fourth-order valence-electron chi connectivity index (χ4n) is 3.89. The molecule has 1 N–H and O–H groups in total. The summed E-state index contributed by atoms with van der Waals surface area (Å²) in [6.45, 7) is 3.65. The van der Waals surface area contributed by atoms with E-state index >= 15 is 0 Å². The van der Waals surface area contributed by atoms with Crippen LogP contribution in [-0.2, 0) is 10.2 Å². The van der Waals surface area contributed by atoms with E-state index in [4.69, 9.17) is 4.74 Å². The molecule has 1 amide bonds. The molecule has 4 heterocycles. The van der Waals surface area contributed by atoms with Gasteiger partial charge >= 0.3 is 6.29 Å². The van der Waals surface area contributed by atoms with E-state index in [0.29, 0.717) is 17.1 Å². The lowest BCUT2D eigenvalue weighted by Crippen LogP contribution is -2.39. The van der Waals surface area contributed by atoms with E-state index in [1.165, 1.54) is 12.1 Å². The monoisotopic (exact) mass is 403 g/mol. The zero-order valence-electron chi connectivity index (χ0n) is 15.7. The van der Waals surface area contributed by atoms with Gasteiger partial charge in [0.25, 0.3) is 0 Å². The number of nitrogens with one attached hydrogen (secondary N) is 1. The van der Waals surface area contributed by atoms with E-state index in [2.05, 4.69) is 24.7 Å². The van der Waals surface area contributed by atoms with Crippen molar-refractivity contribution in [2.24, 2.45) is 0 Å². The lowest BCUT2D eigenvalue weighted by molar-refractivity contribution is -0.286. The summed E-state index contributed by atoms with van der Waals surface area (Å²) in [6.07, 6.45) is -1.48. The number of hydrogen-bond acceptors (Lipinski definition) is 6. The number of ether oxygens (including phenoxy) is 3. The number of hydrogen-bond donors (Lipinski definition) is 1. The highest BCUT2D eigenvalue weighted by atomic mass is 19.3. The summed E-state index contributed by atoms with van der Waals surface area (Å²) < 4.78 is 41.3. The molecule has 0 bridgehead atoms. The van der Waals surface area contributed by atoms with Crippen molar-refractivity contribution in [3.63, 3.8) is 0 Å². The quantitative estimate of drug-likeness (QED) is 0.848. The van der Waals surface area contributed by atoms with Crippen molar-refractivity contribution in [1.82, 2.24) is 4.98 Å². The minimum Gasteiger partial charge on any atom is -0.492 e. The van der Waals surface area contributed by atoms with Crippen LogP contribution in [0.5, 0.6) is 17.2 Å². The maximum absolute atomic E-state index is 13.4. The molecule has 29 heavy (non-hydrogen) atoms. The Hall–Kier alpha value is -3.10. The Balaban J connectivity index is 1.40. The lowest BCUT2D eigenvalue weighted by Gasteiger charge is -2.22. The third kappa shape index (κ3) is 3.01. The Bertz CT molecular complexity index is 994. The van der Waals surface area contributed by atoms with Crippen LogP contribution in [0.2, 0.25) is 0 Å². The molecule has 1 aromatic heterocycles. The molecule has 1 saturated heterocycles. The average molecular weight is 403 g/mol. The molecule has 9 heteroatoms. The molecule has 2 aromatic rings. The number of rotatable bonds is 3. The molecule has 1 aromatic carbocycles. The van der Waals surface area contributed by atoms with Crippen LogP contribution >= 0.6 is 0 Å². The Morgan fingerprint density at radius 2 is 1.86 bits per heavy atom. The molecule has 3 aliphatic rings. The number of nitrogens with zero attached hydrogens (tertiary/aromatic N) is 2. The van der Waals surface area contributed by atoms with Gasteiger partial charge in [0.05, 0.1) is 0 Å². The van der Waals surface area contributed by atoms with Crippen LogP contribution in [-0.4, -0.2) is 36.9 Å². The topological polar surface area (TPSA) is 72.9 Å². The Labute approximate surface area is 165 Å². The molecule has 0 unspecified atom stereocenters. The summed E-state index contributed by atoms with van der Waals surface area (Å²) in [4.78, 5) is 19.8. The van der Waals surface area contributed by atoms with Gasteiger partial charge in [0.1, 0.15) is 29.4 Å². The minimum atomic E-state index is -3.73. The van der Waals surface area contributed by atoms with E-state index in [1.54, 1.807) is 13.0 Å². The zero-order chi connectivity index (χ0) is 20.2. The molecule has 1 fully saturated rings. The van der Waals surface area contributed by atoms with E-state index in [9.17, 15) is 13.6 Å². The summed E-state index contributed by atoms with van der Waals surface area (Å²) in [6, 6.07) is 8.19. The van der Waals surface area contributed by atoms with Gasteiger partial charge in [0.2, 0.25) is 5.91 Å². The second-order valence-corrected chi connectivity index (χ2v) is 7.61. The highest BCUT2D eigenvalue weighted by molar-refractivity contribution is 5.99. The van der Waals surface area contributed by atoms with Crippen molar-refractivity contribution in [2.45, 2.75) is 31.5 Å². The lowest BCUT2D eigenvalue weighted by atomic mass is 9.83. The molecular formula is C20H19F2N3O4. The number of carbonyl (C=O) groups is 1. The van der Waals surface area contributed by atoms with Gasteiger partial charge in [-0.3, -0.25) is 4.79 Å². The number of pyridine rings is 1. The zero-order valence-corrected chi connectivity index (χ0v) is 15.7. The van der Waals surface area contributed by atoms with Gasteiger partial charge in [0, 0.05) is 24.7 Å². The fourth-order valence-corrected chi connectivity index (χ4v) is 3.89. The molecule has 5 rings (SSSR count). The number of fused-ring (bicyclic) bond motifs is 2. The summed E-state index contributed by atoms with van der Waals surface area (Å²) in [5.74, 6) is 1.00. The molecule has 3 aliphatic heterocycles. The molecule has 152 valence electrons. The number of carbonyl (C=O) groups excluding carboxylic acids is 1. The second-order valence-electron chi connectivity index (χ2n) is 7.61. The average Bonchev–Trinajstić information content (AvgIpc) is 3.38. The van der Waals surface area contributed by atoms with Crippen molar-refractivity contribution in [3.05, 3.63) is 35.9 Å². The van der Waals surface area contributed by atoms with Crippen molar-refractivity contribution in [1.29, 1.82) is 0 Å². The first-order chi connectivity index (χ1) is 13.8. The first-order valence-electron chi connectivity index (χ1n) is 9.45. The maximum atomic E-state index is 13.4. The van der Waals surface area contributed by atoms with E-state index in [-0.39, 0.29) is 24.0 Å². The highest BCUT2D eigenvalue weighted by Crippen LogP contribution is 2.50. The predicted molar refractivity (Wildman–Crippen MR) is 99.8 cm³/mol. The van der Waals surface area contributed by atoms with Crippen LogP contribution in [0.4, 0.5) is 20.4 Å². The van der Waals surface area contributed by atoms with Gasteiger partial charge in [0.15, 0.2) is 11.5 Å². The van der Waals surface area contributed by atoms with E-state index in [0.717, 1.165) is 31.7 Å². The number of anilines is 2. The number of alkyl halides is 2. The summed E-state index contributed by atoms with van der Waals surface area (Å²) in [5.41, 5.74) is -0.623. The fraction of sp³-hybridized carbons (Fsp3) is 0.400. The molecule has 7 nitrogen and oxygen atoms in total. The Kier molecular flexibility index (Phi) is 3.84. The van der Waals surface area contributed by atoms with Crippen LogP contribution in [0.1, 0.15) is 25.3 Å². The highest BCUT2D eigenvalue weighted by Gasteiger charge is 2.49. The number of halogens is 2. The largest absolute Gasteiger partial charge is 0.586 e. The number of benzene rings is 1. The summed E-state index contributed by atoms with van der Waals surface area (Å²) in [7, 11) is 0. The van der Waals surface area contributed by atoms with Crippen LogP contribution < -0.4 is 24.4 Å². The molecule has 1 atom stereocenters. The van der Waals surface area contributed by atoms with Crippen LogP contribution in [0.15, 0.2) is 30.3 Å². The van der Waals surface area contributed by atoms with Crippen LogP contribution in [0.3, 0.4) is 0 Å². The van der Waals surface area contributed by atoms with Crippen molar-refractivity contribution in [2.75, 3.05) is 29.9 Å². The van der Waals surface area contributed by atoms with Crippen molar-refractivity contribution < 1.29 is 27.8 Å². The second kappa shape index (κ2) is 6.20. The van der Waals surface area contributed by atoms with E-state index < -0.39 is 11.7 Å². The number of aromatic nitrogens is 1. The van der Waals surface area contributed by atoms with Gasteiger partial charge in [-0.1, -0.05) is 6.07 Å². The molecule has 0 radical (unpaired) electrons. The van der Waals surface area contributed by atoms with Gasteiger partial charge in [-0.25, -0.2) is 4.98 Å². The van der Waals surface area contributed by atoms with Gasteiger partial charge in [-0.2, -0.15) is 0 Å². The molecule has 0 aliphatic carbocycles. The normalized spacial score (nSPS) is 23.6. The summed E-state index contributed by atoms with van der Waals surface area (Å²) in [5, 5.41) is 2.84. The standard InChI is InChI=1S/C20H19F2N3O4/c1-19(11-27-13-10-15-14(9-12(13)19)28-20(21,22)29-15)18(26)24-16-5-4-6-17(23-16)25-7-2-3-8-25/h4-6,9-10H,2-3,7-8,11H2,1H3,(H,23,24,26)/t19-/m0/s1. The minimum absolute atomic E-state index is 0.0687. The van der Waals surface area contributed by atoms with Crippen LogP contribution in [0.25, 0.3) is 0 Å². The third-order valence-corrected chi connectivity index (χ3v) is 5.52. The first-order valence-corrected chi connectivity index (χ1v) is 9.45. The Morgan fingerprint density at radius 3 is 2.62 bits per heavy atom. The van der Waals surface area contributed by atoms with Gasteiger partial charge in [-0.05, 0) is 38.0 Å². The van der Waals surface area contributed by atoms with Crippen molar-refractivity contribution >= 4 is 17.5 Å². The van der Waals surface area contributed by atoms with Crippen LogP contribution in [0, 0.1) is 0 Å². The molecule has 0 spiro atoms. The maximum Gasteiger partial charge on any atom is 0.586 e. The molecule has 0 saturated carbocycles. The SMILES string of the molecule is C[C@]1(C(=O)Nc2cccc(N3CCCC3)n2)COc2cc3c(cc21)OC(F)(F)O3. The third-order valence-electron chi connectivity index (χ3n) is 5.52. The number of amides is 1. The van der Waals surface area contributed by atoms with Gasteiger partial charge in [-0.15, -0.1) is 8.78 Å². The smallest absolute Gasteiger partial charge is 0.492 e. The Morgan fingerprint density at radius 1 is 1.14 bits per heavy atom. The summed E-state index contributed by atoms with van der Waals surface area (Å²) >= 11 is 0.